The number of esters is 2. The lowest BCUT2D eigenvalue weighted by atomic mass is 9.88. The van der Waals surface area contributed by atoms with Crippen molar-refractivity contribution in [1.82, 2.24) is 0 Å². The second-order valence-electron chi connectivity index (χ2n) is 5.32. The Morgan fingerprint density at radius 3 is 1.79 bits per heavy atom. The van der Waals surface area contributed by atoms with Crippen LogP contribution in [0, 0.1) is 0 Å². The molecular formula is C14H22O5. The zero-order valence-electron chi connectivity index (χ0n) is 12.2. The first kappa shape index (κ1) is 17.4. The van der Waals surface area contributed by atoms with E-state index in [-0.39, 0.29) is 17.8 Å². The third-order valence-corrected chi connectivity index (χ3v) is 2.79. The Morgan fingerprint density at radius 2 is 1.47 bits per heavy atom. The maximum atomic E-state index is 11.6. The quantitative estimate of drug-likeness (QED) is 0.588. The molecule has 0 aliphatic carbocycles. The van der Waals surface area contributed by atoms with Crippen LogP contribution in [0.1, 0.15) is 34.6 Å². The molecule has 0 aliphatic heterocycles. The topological polar surface area (TPSA) is 72.8 Å². The monoisotopic (exact) mass is 270 g/mol. The van der Waals surface area contributed by atoms with Crippen LogP contribution >= 0.6 is 0 Å². The van der Waals surface area contributed by atoms with Gasteiger partial charge in [-0.05, 0) is 34.6 Å². The van der Waals surface area contributed by atoms with Gasteiger partial charge in [-0.2, -0.15) is 0 Å². The standard InChI is InChI=1S/C14H22O5/c1-9(2)11(15)18-8-14(7,13(5,6)17)19-12(16)10(3)4/h17H,1,3,8H2,2,4-7H3. The van der Waals surface area contributed by atoms with Crippen LogP contribution in [0.5, 0.6) is 0 Å². The molecule has 0 amide bonds. The van der Waals surface area contributed by atoms with Crippen LogP contribution in [-0.2, 0) is 19.1 Å². The van der Waals surface area contributed by atoms with Crippen molar-refractivity contribution in [3.8, 4) is 0 Å². The van der Waals surface area contributed by atoms with Gasteiger partial charge < -0.3 is 14.6 Å². The lowest BCUT2D eigenvalue weighted by Crippen LogP contribution is -2.54. The third-order valence-electron chi connectivity index (χ3n) is 2.79. The molecule has 0 fully saturated rings. The van der Waals surface area contributed by atoms with E-state index in [2.05, 4.69) is 13.2 Å². The van der Waals surface area contributed by atoms with Gasteiger partial charge >= 0.3 is 11.9 Å². The zero-order valence-corrected chi connectivity index (χ0v) is 12.2. The van der Waals surface area contributed by atoms with E-state index in [1.807, 2.05) is 0 Å². The number of hydrogen-bond acceptors (Lipinski definition) is 5. The number of carbonyl (C=O) groups excluding carboxylic acids is 2. The molecule has 0 rings (SSSR count). The molecule has 0 saturated carbocycles. The molecule has 0 aromatic carbocycles. The Labute approximate surface area is 113 Å². The van der Waals surface area contributed by atoms with Gasteiger partial charge in [0, 0.05) is 11.1 Å². The van der Waals surface area contributed by atoms with Crippen LogP contribution < -0.4 is 0 Å². The summed E-state index contributed by atoms with van der Waals surface area (Å²) < 4.78 is 10.2. The van der Waals surface area contributed by atoms with E-state index in [0.29, 0.717) is 0 Å². The van der Waals surface area contributed by atoms with Crippen molar-refractivity contribution in [1.29, 1.82) is 0 Å². The second-order valence-corrected chi connectivity index (χ2v) is 5.32. The number of aliphatic hydroxyl groups is 1. The van der Waals surface area contributed by atoms with Crippen LogP contribution in [0.15, 0.2) is 24.3 Å². The van der Waals surface area contributed by atoms with Crippen molar-refractivity contribution in [2.75, 3.05) is 6.61 Å². The maximum absolute atomic E-state index is 11.6. The minimum Gasteiger partial charge on any atom is -0.458 e. The van der Waals surface area contributed by atoms with E-state index < -0.39 is 23.1 Å². The first-order valence-corrected chi connectivity index (χ1v) is 5.84. The smallest absolute Gasteiger partial charge is 0.333 e. The van der Waals surface area contributed by atoms with Gasteiger partial charge in [0.2, 0.25) is 0 Å². The van der Waals surface area contributed by atoms with Crippen molar-refractivity contribution in [3.05, 3.63) is 24.3 Å². The van der Waals surface area contributed by atoms with Crippen molar-refractivity contribution in [2.45, 2.75) is 45.8 Å². The summed E-state index contributed by atoms with van der Waals surface area (Å²) in [5.41, 5.74) is -2.35. The highest BCUT2D eigenvalue weighted by atomic mass is 16.6. The van der Waals surface area contributed by atoms with Crippen molar-refractivity contribution >= 4 is 11.9 Å². The van der Waals surface area contributed by atoms with Gasteiger partial charge in [-0.15, -0.1) is 0 Å². The Kier molecular flexibility index (Phi) is 5.50. The molecule has 1 unspecified atom stereocenters. The molecule has 0 radical (unpaired) electrons. The molecule has 1 atom stereocenters. The third kappa shape index (κ3) is 4.87. The average molecular weight is 270 g/mol. The molecule has 19 heavy (non-hydrogen) atoms. The van der Waals surface area contributed by atoms with Crippen LogP contribution in [-0.4, -0.2) is 34.9 Å². The lowest BCUT2D eigenvalue weighted by Gasteiger charge is -2.39. The van der Waals surface area contributed by atoms with E-state index in [1.54, 1.807) is 0 Å². The van der Waals surface area contributed by atoms with Gasteiger partial charge in [0.25, 0.3) is 0 Å². The predicted octanol–water partition coefficient (Wildman–Crippen LogP) is 1.75. The highest BCUT2D eigenvalue weighted by molar-refractivity contribution is 5.88. The van der Waals surface area contributed by atoms with Gasteiger partial charge in [-0.3, -0.25) is 0 Å². The Bertz CT molecular complexity index is 403. The summed E-state index contributed by atoms with van der Waals surface area (Å²) in [6.45, 7) is 14.1. The average Bonchev–Trinajstić information content (AvgIpc) is 2.23. The molecule has 0 aromatic rings. The summed E-state index contributed by atoms with van der Waals surface area (Å²) in [5.74, 6) is -1.27. The molecule has 5 nitrogen and oxygen atoms in total. The van der Waals surface area contributed by atoms with E-state index in [4.69, 9.17) is 9.47 Å². The molecule has 108 valence electrons. The van der Waals surface area contributed by atoms with Crippen molar-refractivity contribution in [2.24, 2.45) is 0 Å². The number of carbonyl (C=O) groups is 2. The van der Waals surface area contributed by atoms with E-state index in [9.17, 15) is 14.7 Å². The van der Waals surface area contributed by atoms with E-state index >= 15 is 0 Å². The highest BCUT2D eigenvalue weighted by Crippen LogP contribution is 2.27. The molecule has 0 bridgehead atoms. The summed E-state index contributed by atoms with van der Waals surface area (Å²) in [7, 11) is 0. The van der Waals surface area contributed by atoms with Crippen molar-refractivity contribution < 1.29 is 24.2 Å². The van der Waals surface area contributed by atoms with Gasteiger partial charge in [0.05, 0.1) is 0 Å². The van der Waals surface area contributed by atoms with Crippen LogP contribution in [0.2, 0.25) is 0 Å². The minimum atomic E-state index is -1.40. The molecule has 1 N–H and O–H groups in total. The van der Waals surface area contributed by atoms with Crippen molar-refractivity contribution in [3.63, 3.8) is 0 Å². The fraction of sp³-hybridized carbons (Fsp3) is 0.571. The highest BCUT2D eigenvalue weighted by Gasteiger charge is 2.45. The largest absolute Gasteiger partial charge is 0.458 e. The minimum absolute atomic E-state index is 0.196. The van der Waals surface area contributed by atoms with E-state index in [1.165, 1.54) is 34.6 Å². The lowest BCUT2D eigenvalue weighted by molar-refractivity contribution is -0.196. The van der Waals surface area contributed by atoms with Gasteiger partial charge in [0.1, 0.15) is 12.2 Å². The molecule has 5 heteroatoms. The summed E-state index contributed by atoms with van der Waals surface area (Å²) >= 11 is 0. The first-order chi connectivity index (χ1) is 8.40. The molecule has 0 spiro atoms. The molecule has 0 saturated heterocycles. The second kappa shape index (κ2) is 6.02. The maximum Gasteiger partial charge on any atom is 0.333 e. The Morgan fingerprint density at radius 1 is 1.05 bits per heavy atom. The summed E-state index contributed by atoms with van der Waals surface area (Å²) in [6.07, 6.45) is 0. The summed E-state index contributed by atoms with van der Waals surface area (Å²) in [5, 5.41) is 10.1. The van der Waals surface area contributed by atoms with Gasteiger partial charge in [-0.1, -0.05) is 13.2 Å². The molecule has 0 aromatic heterocycles. The Hall–Kier alpha value is -1.62. The van der Waals surface area contributed by atoms with E-state index in [0.717, 1.165) is 0 Å². The predicted molar refractivity (Wildman–Crippen MR) is 71.4 cm³/mol. The zero-order chi connectivity index (χ0) is 15.4. The fourth-order valence-corrected chi connectivity index (χ4v) is 0.949. The van der Waals surface area contributed by atoms with Gasteiger partial charge in [-0.25, -0.2) is 9.59 Å². The number of ether oxygens (including phenoxy) is 2. The van der Waals surface area contributed by atoms with Crippen LogP contribution in [0.25, 0.3) is 0 Å². The van der Waals surface area contributed by atoms with Crippen LogP contribution in [0.4, 0.5) is 0 Å². The molecule has 0 heterocycles. The molecular weight excluding hydrogens is 248 g/mol. The van der Waals surface area contributed by atoms with Crippen LogP contribution in [0.3, 0.4) is 0 Å². The Balaban J connectivity index is 5.00. The van der Waals surface area contributed by atoms with Gasteiger partial charge in [0.15, 0.2) is 5.60 Å². The number of rotatable bonds is 6. The summed E-state index contributed by atoms with van der Waals surface area (Å²) in [4.78, 5) is 23.0. The fourth-order valence-electron chi connectivity index (χ4n) is 0.949. The molecule has 0 aliphatic rings. The number of hydrogen-bond donors (Lipinski definition) is 1. The first-order valence-electron chi connectivity index (χ1n) is 5.84. The summed E-state index contributed by atoms with van der Waals surface area (Å²) in [6, 6.07) is 0. The SMILES string of the molecule is C=C(C)C(=O)OCC(C)(OC(=O)C(=C)C)C(C)(C)O. The normalized spacial score (nSPS) is 14.2.